The Labute approximate surface area is 148 Å². The number of aromatic nitrogens is 1. The number of fused-ring (bicyclic) bond motifs is 5. The number of nitrogens with zero attached hydrogens (tertiary/aromatic N) is 1. The highest BCUT2D eigenvalue weighted by molar-refractivity contribution is 5.88. The second kappa shape index (κ2) is 6.34. The van der Waals surface area contributed by atoms with Gasteiger partial charge in [0, 0.05) is 41.6 Å². The zero-order chi connectivity index (χ0) is 17.4. The first-order valence-corrected chi connectivity index (χ1v) is 9.23. The van der Waals surface area contributed by atoms with E-state index >= 15 is 0 Å². The van der Waals surface area contributed by atoms with Crippen LogP contribution >= 0.6 is 0 Å². The highest BCUT2D eigenvalue weighted by Gasteiger charge is 2.39. The van der Waals surface area contributed by atoms with Gasteiger partial charge in [0.15, 0.2) is 0 Å². The van der Waals surface area contributed by atoms with Crippen LogP contribution in [-0.2, 0) is 16.0 Å². The first-order chi connectivity index (χ1) is 12.2. The van der Waals surface area contributed by atoms with Gasteiger partial charge in [-0.2, -0.15) is 0 Å². The molecule has 1 unspecified atom stereocenters. The predicted molar refractivity (Wildman–Crippen MR) is 99.7 cm³/mol. The Morgan fingerprint density at radius 3 is 3.04 bits per heavy atom. The van der Waals surface area contributed by atoms with E-state index in [1.807, 2.05) is 6.07 Å². The van der Waals surface area contributed by atoms with Gasteiger partial charge in [0.25, 0.3) is 0 Å². The molecule has 3 heterocycles. The van der Waals surface area contributed by atoms with E-state index in [9.17, 15) is 4.79 Å². The molecule has 0 saturated carbocycles. The van der Waals surface area contributed by atoms with Crippen LogP contribution < -0.4 is 0 Å². The van der Waals surface area contributed by atoms with Crippen LogP contribution in [0.2, 0.25) is 0 Å². The summed E-state index contributed by atoms with van der Waals surface area (Å²) in [5.41, 5.74) is 3.49. The van der Waals surface area contributed by atoms with Gasteiger partial charge in [-0.1, -0.05) is 37.3 Å². The number of esters is 1. The van der Waals surface area contributed by atoms with Gasteiger partial charge in [-0.05, 0) is 30.9 Å². The summed E-state index contributed by atoms with van der Waals surface area (Å²) < 4.78 is 5.21. The van der Waals surface area contributed by atoms with E-state index in [0.717, 1.165) is 50.1 Å². The van der Waals surface area contributed by atoms with Crippen LogP contribution in [0, 0.1) is 5.41 Å². The Morgan fingerprint density at radius 2 is 2.24 bits per heavy atom. The van der Waals surface area contributed by atoms with Gasteiger partial charge in [-0.25, -0.2) is 0 Å². The van der Waals surface area contributed by atoms with Crippen molar-refractivity contribution < 1.29 is 9.53 Å². The van der Waals surface area contributed by atoms with Gasteiger partial charge in [-0.3, -0.25) is 9.69 Å². The Bertz CT molecular complexity index is 822. The van der Waals surface area contributed by atoms with E-state index in [4.69, 9.17) is 4.74 Å². The molecule has 3 atom stereocenters. The summed E-state index contributed by atoms with van der Waals surface area (Å²) in [5, 5.41) is 1.24. The number of para-hydroxylation sites is 1. The largest absolute Gasteiger partial charge is 0.469 e. The van der Waals surface area contributed by atoms with Crippen LogP contribution in [0.4, 0.5) is 0 Å². The molecule has 4 nitrogen and oxygen atoms in total. The van der Waals surface area contributed by atoms with Crippen molar-refractivity contribution in [3.63, 3.8) is 0 Å². The van der Waals surface area contributed by atoms with Crippen LogP contribution in [0.15, 0.2) is 36.4 Å². The molecule has 2 aliphatic rings. The van der Waals surface area contributed by atoms with Crippen molar-refractivity contribution in [2.75, 3.05) is 26.7 Å². The number of H-pyrrole nitrogens is 1. The van der Waals surface area contributed by atoms with Crippen molar-refractivity contribution in [1.82, 2.24) is 9.88 Å². The fraction of sp³-hybridized carbons (Fsp3) is 0.476. The minimum Gasteiger partial charge on any atom is -0.469 e. The average Bonchev–Trinajstić information content (AvgIpc) is 3.03. The maximum Gasteiger partial charge on any atom is 0.314 e. The molecule has 1 aromatic heterocycles. The molecule has 2 aromatic rings. The number of carbonyl (C=O) groups excluding carboxylic acids is 1. The Hall–Kier alpha value is -2.07. The quantitative estimate of drug-likeness (QED) is 0.672. The van der Waals surface area contributed by atoms with Crippen LogP contribution in [0.3, 0.4) is 0 Å². The van der Waals surface area contributed by atoms with Crippen LogP contribution in [0.1, 0.15) is 36.9 Å². The van der Waals surface area contributed by atoms with E-state index in [0.29, 0.717) is 0 Å². The summed E-state index contributed by atoms with van der Waals surface area (Å²) in [7, 11) is 1.50. The molecule has 1 N–H and O–H groups in total. The standard InChI is InChI=1S/C21H26N2O2/c1-3-21-10-6-11-23(14-21)12-9-16-15-7-4-5-8-18(15)22-19(16)17(13-21)20(24)25-2/h4-8,10,17,22H,3,9,11-14H2,1-2H3/t17-,21+/m1/s1. The highest BCUT2D eigenvalue weighted by atomic mass is 16.5. The fourth-order valence-corrected chi connectivity index (χ4v) is 4.60. The third-order valence-corrected chi connectivity index (χ3v) is 6.05. The van der Waals surface area contributed by atoms with Crippen molar-refractivity contribution in [1.29, 1.82) is 0 Å². The average molecular weight is 338 g/mol. The lowest BCUT2D eigenvalue weighted by Gasteiger charge is -2.39. The van der Waals surface area contributed by atoms with E-state index < -0.39 is 0 Å². The molecule has 25 heavy (non-hydrogen) atoms. The minimum absolute atomic E-state index is 0.0377. The molecule has 0 aliphatic carbocycles. The molecule has 4 heteroatoms. The normalized spacial score (nSPS) is 28.7. The number of methoxy groups -OCH3 is 1. The molecule has 132 valence electrons. The number of nitrogens with one attached hydrogen (secondary N) is 1. The number of aromatic amines is 1. The van der Waals surface area contributed by atoms with E-state index in [1.54, 1.807) is 0 Å². The lowest BCUT2D eigenvalue weighted by molar-refractivity contribution is -0.143. The summed E-state index contributed by atoms with van der Waals surface area (Å²) >= 11 is 0. The van der Waals surface area contributed by atoms with Crippen molar-refractivity contribution >= 4 is 16.9 Å². The summed E-state index contributed by atoms with van der Waals surface area (Å²) in [5.74, 6) is -0.372. The highest BCUT2D eigenvalue weighted by Crippen LogP contribution is 2.42. The molecular weight excluding hydrogens is 312 g/mol. The van der Waals surface area contributed by atoms with Gasteiger partial charge >= 0.3 is 5.97 Å². The first kappa shape index (κ1) is 16.4. The van der Waals surface area contributed by atoms with Gasteiger partial charge in [-0.15, -0.1) is 0 Å². The molecule has 2 aliphatic heterocycles. The molecule has 0 amide bonds. The van der Waals surface area contributed by atoms with Crippen molar-refractivity contribution in [2.24, 2.45) is 5.41 Å². The first-order valence-electron chi connectivity index (χ1n) is 9.23. The molecule has 0 fully saturated rings. The maximum atomic E-state index is 12.7. The third kappa shape index (κ3) is 2.78. The molecule has 0 saturated heterocycles. The Balaban J connectivity index is 1.88. The lowest BCUT2D eigenvalue weighted by Crippen LogP contribution is -2.41. The number of ether oxygens (including phenoxy) is 1. The minimum atomic E-state index is -0.241. The van der Waals surface area contributed by atoms with E-state index in [-0.39, 0.29) is 17.3 Å². The zero-order valence-electron chi connectivity index (χ0n) is 15.0. The maximum absolute atomic E-state index is 12.7. The van der Waals surface area contributed by atoms with Gasteiger partial charge in [0.1, 0.15) is 0 Å². The second-order valence-electron chi connectivity index (χ2n) is 7.45. The topological polar surface area (TPSA) is 45.3 Å². The number of hydrogen-bond acceptors (Lipinski definition) is 3. The lowest BCUT2D eigenvalue weighted by atomic mass is 9.74. The van der Waals surface area contributed by atoms with E-state index in [2.05, 4.69) is 47.2 Å². The van der Waals surface area contributed by atoms with E-state index in [1.165, 1.54) is 18.1 Å². The van der Waals surface area contributed by atoms with Gasteiger partial charge < -0.3 is 9.72 Å². The predicted octanol–water partition coefficient (Wildman–Crippen LogP) is 3.64. The Morgan fingerprint density at radius 1 is 1.40 bits per heavy atom. The third-order valence-electron chi connectivity index (χ3n) is 6.05. The van der Waals surface area contributed by atoms with Crippen LogP contribution in [-0.4, -0.2) is 42.6 Å². The van der Waals surface area contributed by atoms with Crippen molar-refractivity contribution in [2.45, 2.75) is 32.1 Å². The number of benzene rings is 1. The molecule has 4 rings (SSSR count). The monoisotopic (exact) mass is 338 g/mol. The Kier molecular flexibility index (Phi) is 4.16. The SMILES string of the molecule is CC[C@]12C=CCN(CCc3c([nH]c4ccccc34)[C@H](C(=O)OC)C1)C2. The van der Waals surface area contributed by atoms with Crippen molar-refractivity contribution in [3.05, 3.63) is 47.7 Å². The summed E-state index contributed by atoms with van der Waals surface area (Å²) in [4.78, 5) is 18.8. The number of hydrogen-bond donors (Lipinski definition) is 1. The summed E-state index contributed by atoms with van der Waals surface area (Å²) in [6, 6.07) is 8.37. The van der Waals surface area contributed by atoms with Gasteiger partial charge in [0.05, 0.1) is 13.0 Å². The van der Waals surface area contributed by atoms with Crippen LogP contribution in [0.25, 0.3) is 10.9 Å². The second-order valence-corrected chi connectivity index (χ2v) is 7.45. The van der Waals surface area contributed by atoms with Crippen LogP contribution in [0.5, 0.6) is 0 Å². The molecule has 1 aromatic carbocycles. The van der Waals surface area contributed by atoms with Crippen molar-refractivity contribution in [3.8, 4) is 0 Å². The summed E-state index contributed by atoms with van der Waals surface area (Å²) in [6.07, 6.45) is 7.40. The zero-order valence-corrected chi connectivity index (χ0v) is 15.0. The molecule has 2 bridgehead atoms. The smallest absolute Gasteiger partial charge is 0.314 e. The molecular formula is C21H26N2O2. The fourth-order valence-electron chi connectivity index (χ4n) is 4.60. The number of carbonyl (C=O) groups is 1. The number of rotatable bonds is 2. The molecule has 0 spiro atoms. The summed E-state index contributed by atoms with van der Waals surface area (Å²) in [6.45, 7) is 5.28. The molecule has 0 radical (unpaired) electrons. The van der Waals surface area contributed by atoms with Gasteiger partial charge in [0.2, 0.25) is 0 Å².